The standard InChI is InChI=1S/C9H8O3S/c1-3-6(10)7-4-5-8(13-7)9(11)12-2/h3-5H,1H2,2H3. The molecule has 0 atom stereocenters. The lowest BCUT2D eigenvalue weighted by atomic mass is 10.3. The van der Waals surface area contributed by atoms with E-state index in [1.54, 1.807) is 12.1 Å². The molecule has 0 N–H and O–H groups in total. The number of thiophene rings is 1. The SMILES string of the molecule is C=CC(=O)c1ccc(C(=O)OC)s1. The Morgan fingerprint density at radius 2 is 2.08 bits per heavy atom. The van der Waals surface area contributed by atoms with Gasteiger partial charge in [-0.1, -0.05) is 6.58 Å². The number of hydrogen-bond acceptors (Lipinski definition) is 4. The first-order chi connectivity index (χ1) is 6.19. The van der Waals surface area contributed by atoms with Gasteiger partial charge in [-0.25, -0.2) is 4.79 Å². The molecule has 0 fully saturated rings. The second kappa shape index (κ2) is 4.00. The molecule has 0 aliphatic carbocycles. The Labute approximate surface area is 79.6 Å². The second-order valence-electron chi connectivity index (χ2n) is 2.22. The van der Waals surface area contributed by atoms with Crippen molar-refractivity contribution in [2.45, 2.75) is 0 Å². The van der Waals surface area contributed by atoms with Gasteiger partial charge in [0.2, 0.25) is 0 Å². The van der Waals surface area contributed by atoms with Gasteiger partial charge in [0.05, 0.1) is 12.0 Å². The van der Waals surface area contributed by atoms with Crippen molar-refractivity contribution >= 4 is 23.1 Å². The van der Waals surface area contributed by atoms with E-state index in [2.05, 4.69) is 11.3 Å². The molecule has 0 aromatic carbocycles. The number of ketones is 1. The van der Waals surface area contributed by atoms with E-state index in [1.807, 2.05) is 0 Å². The smallest absolute Gasteiger partial charge is 0.348 e. The van der Waals surface area contributed by atoms with Crippen LogP contribution in [0.3, 0.4) is 0 Å². The molecular formula is C9H8O3S. The lowest BCUT2D eigenvalue weighted by molar-refractivity contribution is 0.0606. The van der Waals surface area contributed by atoms with E-state index in [1.165, 1.54) is 13.2 Å². The largest absolute Gasteiger partial charge is 0.465 e. The van der Waals surface area contributed by atoms with Crippen molar-refractivity contribution in [2.75, 3.05) is 7.11 Å². The number of carbonyl (C=O) groups excluding carboxylic acids is 2. The molecule has 0 aliphatic heterocycles. The monoisotopic (exact) mass is 196 g/mol. The van der Waals surface area contributed by atoms with Gasteiger partial charge in [-0.2, -0.15) is 0 Å². The molecule has 68 valence electrons. The predicted octanol–water partition coefficient (Wildman–Crippen LogP) is 1.90. The molecule has 4 heteroatoms. The van der Waals surface area contributed by atoms with Crippen molar-refractivity contribution in [1.29, 1.82) is 0 Å². The normalized spacial score (nSPS) is 9.31. The number of rotatable bonds is 3. The number of esters is 1. The van der Waals surface area contributed by atoms with E-state index in [0.717, 1.165) is 11.3 Å². The summed E-state index contributed by atoms with van der Waals surface area (Å²) in [5.74, 6) is -0.603. The van der Waals surface area contributed by atoms with Crippen LogP contribution in [0.4, 0.5) is 0 Å². The molecule has 3 nitrogen and oxygen atoms in total. The van der Waals surface area contributed by atoms with Crippen LogP contribution in [-0.4, -0.2) is 18.9 Å². The highest BCUT2D eigenvalue weighted by atomic mass is 32.1. The molecule has 0 unspecified atom stereocenters. The third-order valence-corrected chi connectivity index (χ3v) is 2.50. The first kappa shape index (κ1) is 9.67. The van der Waals surface area contributed by atoms with Crippen LogP contribution in [0.15, 0.2) is 24.8 Å². The van der Waals surface area contributed by atoms with Crippen LogP contribution in [0.25, 0.3) is 0 Å². The van der Waals surface area contributed by atoms with Crippen LogP contribution in [0.2, 0.25) is 0 Å². The molecule has 1 aromatic heterocycles. The number of carbonyl (C=O) groups is 2. The molecule has 1 heterocycles. The summed E-state index contributed by atoms with van der Waals surface area (Å²) in [5.41, 5.74) is 0. The summed E-state index contributed by atoms with van der Waals surface area (Å²) in [6.45, 7) is 3.35. The van der Waals surface area contributed by atoms with Gasteiger partial charge in [-0.3, -0.25) is 4.79 Å². The topological polar surface area (TPSA) is 43.4 Å². The molecule has 13 heavy (non-hydrogen) atoms. The molecule has 0 saturated heterocycles. The van der Waals surface area contributed by atoms with Crippen LogP contribution < -0.4 is 0 Å². The maximum absolute atomic E-state index is 11.1. The van der Waals surface area contributed by atoms with Gasteiger partial charge in [-0.05, 0) is 18.2 Å². The number of ether oxygens (including phenoxy) is 1. The van der Waals surface area contributed by atoms with E-state index in [-0.39, 0.29) is 5.78 Å². The highest BCUT2D eigenvalue weighted by Gasteiger charge is 2.11. The molecule has 0 spiro atoms. The zero-order valence-corrected chi connectivity index (χ0v) is 7.89. The number of allylic oxidation sites excluding steroid dienone is 1. The van der Waals surface area contributed by atoms with Gasteiger partial charge in [0, 0.05) is 0 Å². The minimum atomic E-state index is -0.423. The minimum Gasteiger partial charge on any atom is -0.465 e. The van der Waals surface area contributed by atoms with Crippen LogP contribution >= 0.6 is 11.3 Å². The molecular weight excluding hydrogens is 188 g/mol. The van der Waals surface area contributed by atoms with Gasteiger partial charge in [-0.15, -0.1) is 11.3 Å². The Kier molecular flexibility index (Phi) is 2.97. The molecule has 0 saturated carbocycles. The summed E-state index contributed by atoms with van der Waals surface area (Å²) < 4.78 is 4.50. The first-order valence-electron chi connectivity index (χ1n) is 3.54. The summed E-state index contributed by atoms with van der Waals surface area (Å²) in [6.07, 6.45) is 1.22. The lowest BCUT2D eigenvalue weighted by Crippen LogP contribution is -1.96. The van der Waals surface area contributed by atoms with E-state index in [9.17, 15) is 9.59 Å². The van der Waals surface area contributed by atoms with E-state index in [4.69, 9.17) is 0 Å². The molecule has 1 rings (SSSR count). The third kappa shape index (κ3) is 2.03. The van der Waals surface area contributed by atoms with E-state index < -0.39 is 5.97 Å². The van der Waals surface area contributed by atoms with Gasteiger partial charge in [0.25, 0.3) is 0 Å². The van der Waals surface area contributed by atoms with Gasteiger partial charge >= 0.3 is 5.97 Å². The fourth-order valence-corrected chi connectivity index (χ4v) is 1.64. The van der Waals surface area contributed by atoms with Crippen molar-refractivity contribution < 1.29 is 14.3 Å². The highest BCUT2D eigenvalue weighted by molar-refractivity contribution is 7.16. The molecule has 0 amide bonds. The summed E-state index contributed by atoms with van der Waals surface area (Å²) >= 11 is 1.10. The van der Waals surface area contributed by atoms with Crippen molar-refractivity contribution in [3.63, 3.8) is 0 Å². The van der Waals surface area contributed by atoms with Crippen molar-refractivity contribution in [3.8, 4) is 0 Å². The van der Waals surface area contributed by atoms with Crippen LogP contribution in [-0.2, 0) is 4.74 Å². The summed E-state index contributed by atoms with van der Waals surface area (Å²) in [5, 5.41) is 0. The maximum atomic E-state index is 11.1. The minimum absolute atomic E-state index is 0.180. The van der Waals surface area contributed by atoms with Crippen LogP contribution in [0.5, 0.6) is 0 Å². The Morgan fingerprint density at radius 1 is 1.46 bits per heavy atom. The van der Waals surface area contributed by atoms with Crippen molar-refractivity contribution in [1.82, 2.24) is 0 Å². The Morgan fingerprint density at radius 3 is 2.62 bits per heavy atom. The van der Waals surface area contributed by atoms with Crippen LogP contribution in [0.1, 0.15) is 19.3 Å². The average Bonchev–Trinajstić information content (AvgIpc) is 2.64. The van der Waals surface area contributed by atoms with Crippen molar-refractivity contribution in [3.05, 3.63) is 34.5 Å². The van der Waals surface area contributed by atoms with Gasteiger partial charge in [0.1, 0.15) is 4.88 Å². The average molecular weight is 196 g/mol. The fraction of sp³-hybridized carbons (Fsp3) is 0.111. The molecule has 0 bridgehead atoms. The molecule has 0 radical (unpaired) electrons. The first-order valence-corrected chi connectivity index (χ1v) is 4.35. The Balaban J connectivity index is 2.92. The van der Waals surface area contributed by atoms with E-state index >= 15 is 0 Å². The third-order valence-electron chi connectivity index (χ3n) is 1.42. The Hall–Kier alpha value is -1.42. The zero-order valence-electron chi connectivity index (χ0n) is 7.07. The number of methoxy groups -OCH3 is 1. The number of hydrogen-bond donors (Lipinski definition) is 0. The van der Waals surface area contributed by atoms with Crippen LogP contribution in [0, 0.1) is 0 Å². The summed E-state index contributed by atoms with van der Waals surface area (Å²) in [4.78, 5) is 23.0. The molecule has 0 aliphatic rings. The van der Waals surface area contributed by atoms with Gasteiger partial charge in [0.15, 0.2) is 5.78 Å². The Bertz CT molecular complexity index is 351. The quantitative estimate of drug-likeness (QED) is 0.421. The predicted molar refractivity (Wildman–Crippen MR) is 50.2 cm³/mol. The lowest BCUT2D eigenvalue weighted by Gasteiger charge is -1.91. The second-order valence-corrected chi connectivity index (χ2v) is 3.31. The highest BCUT2D eigenvalue weighted by Crippen LogP contribution is 2.17. The molecule has 1 aromatic rings. The fourth-order valence-electron chi connectivity index (χ4n) is 0.781. The summed E-state index contributed by atoms with van der Waals surface area (Å²) in [6, 6.07) is 3.15. The summed E-state index contributed by atoms with van der Waals surface area (Å²) in [7, 11) is 1.30. The van der Waals surface area contributed by atoms with Crippen molar-refractivity contribution in [2.24, 2.45) is 0 Å². The van der Waals surface area contributed by atoms with E-state index in [0.29, 0.717) is 9.75 Å². The zero-order chi connectivity index (χ0) is 9.84. The van der Waals surface area contributed by atoms with Gasteiger partial charge < -0.3 is 4.74 Å². The maximum Gasteiger partial charge on any atom is 0.348 e.